The standard InChI is InChI=1S/C14H19N5OS2/c1-7-8(2)12(22-9(7)3)16-11(20)6-21-14-18-17-13(15)19(14)10-4-5-10/h10H,4-6H2,1-3H3,(H2,15,17)(H,16,20). The molecule has 1 aliphatic rings. The first-order chi connectivity index (χ1) is 10.5. The van der Waals surface area contributed by atoms with E-state index in [0.29, 0.717) is 17.7 Å². The zero-order valence-corrected chi connectivity index (χ0v) is 14.5. The molecule has 1 amide bonds. The monoisotopic (exact) mass is 337 g/mol. The van der Waals surface area contributed by atoms with Crippen molar-refractivity contribution in [2.45, 2.75) is 44.8 Å². The van der Waals surface area contributed by atoms with Gasteiger partial charge in [-0.3, -0.25) is 9.36 Å². The zero-order chi connectivity index (χ0) is 15.9. The summed E-state index contributed by atoms with van der Waals surface area (Å²) in [4.78, 5) is 13.4. The number of aromatic nitrogens is 3. The normalized spacial score (nSPS) is 14.3. The number of hydrogen-bond acceptors (Lipinski definition) is 6. The van der Waals surface area contributed by atoms with Crippen LogP contribution in [0, 0.1) is 20.8 Å². The Hall–Kier alpha value is -1.54. The number of thioether (sulfide) groups is 1. The van der Waals surface area contributed by atoms with Gasteiger partial charge in [0, 0.05) is 10.9 Å². The van der Waals surface area contributed by atoms with E-state index in [9.17, 15) is 4.79 Å². The summed E-state index contributed by atoms with van der Waals surface area (Å²) in [6.45, 7) is 6.18. The van der Waals surface area contributed by atoms with Gasteiger partial charge in [-0.15, -0.1) is 21.5 Å². The summed E-state index contributed by atoms with van der Waals surface area (Å²) in [6.07, 6.45) is 2.21. The number of nitrogen functional groups attached to an aromatic ring is 1. The molecule has 1 fully saturated rings. The van der Waals surface area contributed by atoms with Gasteiger partial charge in [0.1, 0.15) is 0 Å². The van der Waals surface area contributed by atoms with E-state index in [4.69, 9.17) is 5.73 Å². The molecule has 0 saturated heterocycles. The van der Waals surface area contributed by atoms with Gasteiger partial charge in [0.05, 0.1) is 10.8 Å². The van der Waals surface area contributed by atoms with E-state index in [1.54, 1.807) is 11.3 Å². The molecule has 6 nitrogen and oxygen atoms in total. The SMILES string of the molecule is Cc1sc(NC(=O)CSc2nnc(N)n2C2CC2)c(C)c1C. The number of nitrogens with zero attached hydrogens (tertiary/aromatic N) is 3. The molecule has 0 unspecified atom stereocenters. The minimum absolute atomic E-state index is 0.0294. The van der Waals surface area contributed by atoms with Gasteiger partial charge in [-0.1, -0.05) is 11.8 Å². The quantitative estimate of drug-likeness (QED) is 0.819. The molecule has 2 heterocycles. The molecule has 2 aromatic heterocycles. The summed E-state index contributed by atoms with van der Waals surface area (Å²) in [5.41, 5.74) is 8.22. The molecule has 3 rings (SSSR count). The fourth-order valence-electron chi connectivity index (χ4n) is 2.22. The molecule has 1 aliphatic carbocycles. The topological polar surface area (TPSA) is 85.8 Å². The number of aryl methyl sites for hydroxylation is 1. The van der Waals surface area contributed by atoms with Crippen molar-refractivity contribution >= 4 is 40.0 Å². The Morgan fingerprint density at radius 3 is 2.68 bits per heavy atom. The van der Waals surface area contributed by atoms with Gasteiger partial charge in [-0.25, -0.2) is 0 Å². The van der Waals surface area contributed by atoms with Crippen molar-refractivity contribution in [2.75, 3.05) is 16.8 Å². The number of carbonyl (C=O) groups is 1. The first-order valence-corrected chi connectivity index (χ1v) is 8.97. The molecule has 0 radical (unpaired) electrons. The van der Waals surface area contributed by atoms with Crippen LogP contribution in [0.3, 0.4) is 0 Å². The van der Waals surface area contributed by atoms with E-state index < -0.39 is 0 Å². The molecule has 0 aliphatic heterocycles. The van der Waals surface area contributed by atoms with Crippen molar-refractivity contribution in [3.05, 3.63) is 16.0 Å². The number of carbonyl (C=O) groups excluding carboxylic acids is 1. The maximum Gasteiger partial charge on any atom is 0.235 e. The van der Waals surface area contributed by atoms with Crippen molar-refractivity contribution in [2.24, 2.45) is 0 Å². The highest BCUT2D eigenvalue weighted by atomic mass is 32.2. The van der Waals surface area contributed by atoms with E-state index in [1.807, 2.05) is 11.5 Å². The van der Waals surface area contributed by atoms with Gasteiger partial charge < -0.3 is 11.1 Å². The van der Waals surface area contributed by atoms with Crippen molar-refractivity contribution in [3.8, 4) is 0 Å². The van der Waals surface area contributed by atoms with E-state index in [1.165, 1.54) is 22.2 Å². The third-order valence-corrected chi connectivity index (χ3v) is 6.04. The average molecular weight is 337 g/mol. The number of rotatable bonds is 5. The minimum Gasteiger partial charge on any atom is -0.368 e. The van der Waals surface area contributed by atoms with Crippen LogP contribution in [0.4, 0.5) is 10.9 Å². The fourth-order valence-corrected chi connectivity index (χ4v) is 4.11. The van der Waals surface area contributed by atoms with Crippen LogP contribution in [0.5, 0.6) is 0 Å². The lowest BCUT2D eigenvalue weighted by Crippen LogP contribution is -2.14. The highest BCUT2D eigenvalue weighted by molar-refractivity contribution is 7.99. The molecular weight excluding hydrogens is 318 g/mol. The van der Waals surface area contributed by atoms with Crippen molar-refractivity contribution in [1.29, 1.82) is 0 Å². The Labute approximate surface area is 137 Å². The number of anilines is 2. The van der Waals surface area contributed by atoms with Gasteiger partial charge in [-0.2, -0.15) is 0 Å². The van der Waals surface area contributed by atoms with E-state index in [-0.39, 0.29) is 5.91 Å². The number of thiophene rings is 1. The van der Waals surface area contributed by atoms with Gasteiger partial charge in [-0.05, 0) is 44.7 Å². The first-order valence-electron chi connectivity index (χ1n) is 7.17. The molecule has 8 heteroatoms. The van der Waals surface area contributed by atoms with Crippen LogP contribution in [0.25, 0.3) is 0 Å². The fraction of sp³-hybridized carbons (Fsp3) is 0.500. The Bertz CT molecular complexity index is 717. The van der Waals surface area contributed by atoms with Crippen LogP contribution < -0.4 is 11.1 Å². The number of nitrogens with two attached hydrogens (primary N) is 1. The lowest BCUT2D eigenvalue weighted by molar-refractivity contribution is -0.113. The minimum atomic E-state index is -0.0294. The maximum atomic E-state index is 12.1. The van der Waals surface area contributed by atoms with E-state index >= 15 is 0 Å². The average Bonchev–Trinajstić information content (AvgIpc) is 3.21. The van der Waals surface area contributed by atoms with Crippen LogP contribution in [-0.2, 0) is 4.79 Å². The van der Waals surface area contributed by atoms with E-state index in [0.717, 1.165) is 28.6 Å². The molecule has 0 spiro atoms. The van der Waals surface area contributed by atoms with Crippen LogP contribution in [-0.4, -0.2) is 26.4 Å². The summed E-state index contributed by atoms with van der Waals surface area (Å²) in [5.74, 6) is 0.712. The maximum absolute atomic E-state index is 12.1. The second kappa shape index (κ2) is 5.92. The summed E-state index contributed by atoms with van der Waals surface area (Å²) in [6, 6.07) is 0.408. The van der Waals surface area contributed by atoms with E-state index in [2.05, 4.69) is 29.4 Å². The summed E-state index contributed by atoms with van der Waals surface area (Å²) >= 11 is 3.00. The molecule has 1 saturated carbocycles. The Kier molecular flexibility index (Phi) is 4.14. The predicted molar refractivity (Wildman–Crippen MR) is 90.6 cm³/mol. The first kappa shape index (κ1) is 15.4. The van der Waals surface area contributed by atoms with Gasteiger partial charge in [0.25, 0.3) is 0 Å². The molecule has 0 atom stereocenters. The summed E-state index contributed by atoms with van der Waals surface area (Å²) in [7, 11) is 0. The number of hydrogen-bond donors (Lipinski definition) is 2. The summed E-state index contributed by atoms with van der Waals surface area (Å²) < 4.78 is 1.93. The predicted octanol–water partition coefficient (Wildman–Crippen LogP) is 2.91. The van der Waals surface area contributed by atoms with Crippen molar-refractivity contribution < 1.29 is 4.79 Å². The number of amides is 1. The molecule has 22 heavy (non-hydrogen) atoms. The molecule has 2 aromatic rings. The Morgan fingerprint density at radius 2 is 2.09 bits per heavy atom. The van der Waals surface area contributed by atoms with Crippen LogP contribution in [0.15, 0.2) is 5.16 Å². The molecular formula is C14H19N5OS2. The Morgan fingerprint density at radius 1 is 1.36 bits per heavy atom. The van der Waals surface area contributed by atoms with Crippen LogP contribution in [0.2, 0.25) is 0 Å². The van der Waals surface area contributed by atoms with Crippen LogP contribution >= 0.6 is 23.1 Å². The largest absolute Gasteiger partial charge is 0.368 e. The molecule has 3 N–H and O–H groups in total. The second-order valence-electron chi connectivity index (χ2n) is 5.52. The summed E-state index contributed by atoms with van der Waals surface area (Å²) in [5, 5.41) is 12.6. The van der Waals surface area contributed by atoms with Crippen molar-refractivity contribution in [3.63, 3.8) is 0 Å². The smallest absolute Gasteiger partial charge is 0.235 e. The zero-order valence-electron chi connectivity index (χ0n) is 12.8. The highest BCUT2D eigenvalue weighted by Crippen LogP contribution is 2.39. The molecule has 0 bridgehead atoms. The van der Waals surface area contributed by atoms with Gasteiger partial charge >= 0.3 is 0 Å². The molecule has 118 valence electrons. The lowest BCUT2D eigenvalue weighted by Gasteiger charge is -2.06. The third-order valence-electron chi connectivity index (χ3n) is 3.87. The van der Waals surface area contributed by atoms with Crippen molar-refractivity contribution in [1.82, 2.24) is 14.8 Å². The third kappa shape index (κ3) is 2.98. The molecule has 0 aromatic carbocycles. The number of nitrogens with one attached hydrogen (secondary N) is 1. The van der Waals surface area contributed by atoms with Gasteiger partial charge in [0.2, 0.25) is 11.9 Å². The van der Waals surface area contributed by atoms with Gasteiger partial charge in [0.15, 0.2) is 5.16 Å². The highest BCUT2D eigenvalue weighted by Gasteiger charge is 2.29. The van der Waals surface area contributed by atoms with Crippen LogP contribution in [0.1, 0.15) is 34.9 Å². The Balaban J connectivity index is 1.62. The second-order valence-corrected chi connectivity index (χ2v) is 7.68. The lowest BCUT2D eigenvalue weighted by atomic mass is 10.2.